The number of benzene rings is 1. The summed E-state index contributed by atoms with van der Waals surface area (Å²) in [4.78, 5) is 10.5. The van der Waals surface area contributed by atoms with E-state index in [1.54, 1.807) is 22.8 Å². The first-order valence-corrected chi connectivity index (χ1v) is 6.52. The van der Waals surface area contributed by atoms with Crippen molar-refractivity contribution in [2.45, 2.75) is 5.16 Å². The maximum atomic E-state index is 10.5. The van der Waals surface area contributed by atoms with Crippen LogP contribution in [-0.4, -0.2) is 31.6 Å². The SMILES string of the molecule is O=C(O)CSc1nncn1-c1ccc(Cl)c(Cl)c1. The zero-order chi connectivity index (χ0) is 13.1. The van der Waals surface area contributed by atoms with E-state index in [1.807, 2.05) is 0 Å². The third kappa shape index (κ3) is 2.95. The lowest BCUT2D eigenvalue weighted by Crippen LogP contribution is -2.01. The molecule has 1 aromatic heterocycles. The molecule has 1 aromatic carbocycles. The molecular formula is C10H7Cl2N3O2S. The molecule has 1 heterocycles. The van der Waals surface area contributed by atoms with Crippen LogP contribution < -0.4 is 0 Å². The predicted molar refractivity (Wildman–Crippen MR) is 69.7 cm³/mol. The molecule has 8 heteroatoms. The minimum Gasteiger partial charge on any atom is -0.481 e. The Morgan fingerprint density at radius 1 is 1.39 bits per heavy atom. The first kappa shape index (κ1) is 13.2. The van der Waals surface area contributed by atoms with Crippen LogP contribution in [0.1, 0.15) is 0 Å². The van der Waals surface area contributed by atoms with Gasteiger partial charge in [0.15, 0.2) is 5.16 Å². The third-order valence-corrected chi connectivity index (χ3v) is 3.69. The highest BCUT2D eigenvalue weighted by molar-refractivity contribution is 7.99. The lowest BCUT2D eigenvalue weighted by Gasteiger charge is -2.06. The number of hydrogen-bond donors (Lipinski definition) is 1. The van der Waals surface area contributed by atoms with Crippen molar-refractivity contribution in [3.63, 3.8) is 0 Å². The average Bonchev–Trinajstić information content (AvgIpc) is 2.78. The Hall–Kier alpha value is -1.24. The van der Waals surface area contributed by atoms with Gasteiger partial charge >= 0.3 is 5.97 Å². The molecule has 18 heavy (non-hydrogen) atoms. The normalized spacial score (nSPS) is 10.6. The summed E-state index contributed by atoms with van der Waals surface area (Å²) in [6.45, 7) is 0. The standard InChI is InChI=1S/C10H7Cl2N3O2S/c11-7-2-1-6(3-8(7)12)15-5-13-14-10(15)18-4-9(16)17/h1-3,5H,4H2,(H,16,17). The molecule has 1 N–H and O–H groups in total. The van der Waals surface area contributed by atoms with Crippen LogP contribution in [0.5, 0.6) is 0 Å². The van der Waals surface area contributed by atoms with Gasteiger partial charge in [-0.15, -0.1) is 10.2 Å². The van der Waals surface area contributed by atoms with Gasteiger partial charge in [-0.2, -0.15) is 0 Å². The highest BCUT2D eigenvalue weighted by atomic mass is 35.5. The summed E-state index contributed by atoms with van der Waals surface area (Å²) in [5, 5.41) is 17.6. The van der Waals surface area contributed by atoms with E-state index in [0.29, 0.717) is 15.2 Å². The fraction of sp³-hybridized carbons (Fsp3) is 0.100. The summed E-state index contributed by atoms with van der Waals surface area (Å²) in [5.41, 5.74) is 0.724. The number of carbonyl (C=O) groups is 1. The molecule has 0 aliphatic carbocycles. The number of nitrogens with zero attached hydrogens (tertiary/aromatic N) is 3. The van der Waals surface area contributed by atoms with Crippen molar-refractivity contribution in [2.75, 3.05) is 5.75 Å². The van der Waals surface area contributed by atoms with Crippen LogP contribution in [0.15, 0.2) is 29.7 Å². The molecule has 0 saturated heterocycles. The molecule has 0 amide bonds. The molecule has 0 aliphatic rings. The van der Waals surface area contributed by atoms with Crippen LogP contribution >= 0.6 is 35.0 Å². The molecule has 5 nitrogen and oxygen atoms in total. The van der Waals surface area contributed by atoms with E-state index in [9.17, 15) is 4.79 Å². The van der Waals surface area contributed by atoms with Crippen molar-refractivity contribution in [1.29, 1.82) is 0 Å². The van der Waals surface area contributed by atoms with Gasteiger partial charge in [-0.05, 0) is 18.2 Å². The average molecular weight is 304 g/mol. The predicted octanol–water partition coefficient (Wildman–Crippen LogP) is 2.75. The minimum atomic E-state index is -0.913. The van der Waals surface area contributed by atoms with Gasteiger partial charge in [0.05, 0.1) is 21.5 Å². The number of aliphatic carboxylic acids is 1. The molecule has 0 radical (unpaired) electrons. The lowest BCUT2D eigenvalue weighted by atomic mass is 10.3. The van der Waals surface area contributed by atoms with E-state index < -0.39 is 5.97 Å². The summed E-state index contributed by atoms with van der Waals surface area (Å²) >= 11 is 12.8. The monoisotopic (exact) mass is 303 g/mol. The lowest BCUT2D eigenvalue weighted by molar-refractivity contribution is -0.133. The summed E-state index contributed by atoms with van der Waals surface area (Å²) in [5.74, 6) is -0.997. The second-order valence-corrected chi connectivity index (χ2v) is 5.02. The van der Waals surface area contributed by atoms with Gasteiger partial charge in [0.25, 0.3) is 0 Å². The van der Waals surface area contributed by atoms with Crippen LogP contribution in [-0.2, 0) is 4.79 Å². The maximum Gasteiger partial charge on any atom is 0.313 e. The molecule has 2 aromatic rings. The van der Waals surface area contributed by atoms with E-state index >= 15 is 0 Å². The van der Waals surface area contributed by atoms with Gasteiger partial charge in [-0.1, -0.05) is 35.0 Å². The van der Waals surface area contributed by atoms with Crippen molar-refractivity contribution >= 4 is 40.9 Å². The Balaban J connectivity index is 2.30. The van der Waals surface area contributed by atoms with Crippen molar-refractivity contribution in [3.05, 3.63) is 34.6 Å². The third-order valence-electron chi connectivity index (χ3n) is 2.02. The number of hydrogen-bond acceptors (Lipinski definition) is 4. The molecule has 94 valence electrons. The van der Waals surface area contributed by atoms with Crippen LogP contribution in [0.4, 0.5) is 0 Å². The fourth-order valence-corrected chi connectivity index (χ4v) is 2.20. The van der Waals surface area contributed by atoms with Crippen molar-refractivity contribution in [3.8, 4) is 5.69 Å². The second-order valence-electron chi connectivity index (χ2n) is 3.26. The van der Waals surface area contributed by atoms with Gasteiger partial charge < -0.3 is 5.11 Å². The quantitative estimate of drug-likeness (QED) is 0.880. The Morgan fingerprint density at radius 2 is 2.17 bits per heavy atom. The number of thioether (sulfide) groups is 1. The molecule has 0 fully saturated rings. The van der Waals surface area contributed by atoms with Gasteiger partial charge in [0, 0.05) is 0 Å². The minimum absolute atomic E-state index is 0.0833. The second kappa shape index (κ2) is 5.60. The molecule has 0 bridgehead atoms. The molecule has 0 unspecified atom stereocenters. The number of carboxylic acid groups (broad SMARTS) is 1. The molecule has 0 atom stereocenters. The summed E-state index contributed by atoms with van der Waals surface area (Å²) in [7, 11) is 0. The smallest absolute Gasteiger partial charge is 0.313 e. The zero-order valence-corrected chi connectivity index (χ0v) is 11.2. The largest absolute Gasteiger partial charge is 0.481 e. The summed E-state index contributed by atoms with van der Waals surface area (Å²) < 4.78 is 1.65. The number of aromatic nitrogens is 3. The maximum absolute atomic E-state index is 10.5. The molecule has 0 saturated carbocycles. The highest BCUT2D eigenvalue weighted by Crippen LogP contribution is 2.26. The molecule has 0 spiro atoms. The van der Waals surface area contributed by atoms with Crippen molar-refractivity contribution < 1.29 is 9.90 Å². The number of halogens is 2. The Morgan fingerprint density at radius 3 is 2.83 bits per heavy atom. The van der Waals surface area contributed by atoms with E-state index in [-0.39, 0.29) is 5.75 Å². The number of rotatable bonds is 4. The van der Waals surface area contributed by atoms with Crippen LogP contribution in [0.3, 0.4) is 0 Å². The van der Waals surface area contributed by atoms with E-state index in [1.165, 1.54) is 6.33 Å². The molecule has 0 aliphatic heterocycles. The van der Waals surface area contributed by atoms with Crippen LogP contribution in [0, 0.1) is 0 Å². The van der Waals surface area contributed by atoms with E-state index in [0.717, 1.165) is 17.4 Å². The molecule has 2 rings (SSSR count). The first-order valence-electron chi connectivity index (χ1n) is 4.78. The Kier molecular flexibility index (Phi) is 4.11. The van der Waals surface area contributed by atoms with E-state index in [2.05, 4.69) is 10.2 Å². The zero-order valence-electron chi connectivity index (χ0n) is 8.88. The highest BCUT2D eigenvalue weighted by Gasteiger charge is 2.10. The van der Waals surface area contributed by atoms with Crippen molar-refractivity contribution in [1.82, 2.24) is 14.8 Å². The summed E-state index contributed by atoms with van der Waals surface area (Å²) in [6, 6.07) is 5.07. The van der Waals surface area contributed by atoms with Gasteiger partial charge in [-0.3, -0.25) is 9.36 Å². The molecular weight excluding hydrogens is 297 g/mol. The van der Waals surface area contributed by atoms with Gasteiger partial charge in [0.2, 0.25) is 0 Å². The van der Waals surface area contributed by atoms with Crippen LogP contribution in [0.25, 0.3) is 5.69 Å². The fourth-order valence-electron chi connectivity index (χ4n) is 1.26. The van der Waals surface area contributed by atoms with E-state index in [4.69, 9.17) is 28.3 Å². The van der Waals surface area contributed by atoms with Gasteiger partial charge in [-0.25, -0.2) is 0 Å². The van der Waals surface area contributed by atoms with Gasteiger partial charge in [0.1, 0.15) is 6.33 Å². The topological polar surface area (TPSA) is 68.0 Å². The summed E-state index contributed by atoms with van der Waals surface area (Å²) in [6.07, 6.45) is 1.49. The van der Waals surface area contributed by atoms with Crippen LogP contribution in [0.2, 0.25) is 10.0 Å². The Bertz CT molecular complexity index is 588. The van der Waals surface area contributed by atoms with Crippen molar-refractivity contribution in [2.24, 2.45) is 0 Å². The first-order chi connectivity index (χ1) is 8.58. The Labute approximate surface area is 117 Å². The number of carboxylic acids is 1.